The molecule has 1 aliphatic rings. The maximum Gasteiger partial charge on any atom is 0.341 e. The van der Waals surface area contributed by atoms with Crippen LogP contribution in [0.2, 0.25) is 0 Å². The summed E-state index contributed by atoms with van der Waals surface area (Å²) in [5.41, 5.74) is 2.06. The molecule has 0 aliphatic heterocycles. The first-order valence-electron chi connectivity index (χ1n) is 8.33. The summed E-state index contributed by atoms with van der Waals surface area (Å²) in [6.07, 6.45) is 2.42. The van der Waals surface area contributed by atoms with Crippen molar-refractivity contribution in [3.05, 3.63) is 59.7 Å². The summed E-state index contributed by atoms with van der Waals surface area (Å²) in [4.78, 5) is -0.747. The van der Waals surface area contributed by atoms with Crippen molar-refractivity contribution in [2.45, 2.75) is 40.9 Å². The van der Waals surface area contributed by atoms with E-state index < -0.39 is 30.5 Å². The van der Waals surface area contributed by atoms with Crippen LogP contribution in [0.25, 0.3) is 0 Å². The predicted molar refractivity (Wildman–Crippen MR) is 96.7 cm³/mol. The monoisotopic (exact) mass is 415 g/mol. The van der Waals surface area contributed by atoms with Crippen LogP contribution in [0, 0.1) is 0 Å². The Bertz CT molecular complexity index is 1040. The van der Waals surface area contributed by atoms with Crippen LogP contribution < -0.4 is 0 Å². The summed E-state index contributed by atoms with van der Waals surface area (Å²) in [5.74, 6) is -3.55. The topological polar surface area (TPSA) is 71.5 Å². The van der Waals surface area contributed by atoms with Gasteiger partial charge in [-0.15, -0.1) is 0 Å². The van der Waals surface area contributed by atoms with Crippen molar-refractivity contribution < 1.29 is 25.6 Å². The molecule has 0 amide bonds. The summed E-state index contributed by atoms with van der Waals surface area (Å²) in [7, 11) is -7.20. The molecule has 27 heavy (non-hydrogen) atoms. The molecule has 1 atom stereocenters. The normalized spacial score (nSPS) is 17.9. The molecule has 2 aromatic rings. The quantitative estimate of drug-likeness (QED) is 0.751. The molecule has 0 spiro atoms. The molecular weight excluding hydrogens is 396 g/mol. The highest BCUT2D eigenvalue weighted by Gasteiger charge is 2.33. The second kappa shape index (κ2) is 7.29. The number of fused-ring (bicyclic) bond motifs is 1. The molecule has 0 aromatic heterocycles. The number of nitrogens with zero attached hydrogens (tertiary/aromatic N) is 1. The third-order valence-corrected chi connectivity index (χ3v) is 8.12. The minimum Gasteiger partial charge on any atom is -0.218 e. The van der Waals surface area contributed by atoms with Crippen LogP contribution >= 0.6 is 0 Å². The van der Waals surface area contributed by atoms with Crippen LogP contribution in [0.15, 0.2) is 58.3 Å². The van der Waals surface area contributed by atoms with Crippen molar-refractivity contribution in [3.8, 4) is 0 Å². The van der Waals surface area contributed by atoms with Gasteiger partial charge in [0.25, 0.3) is 0 Å². The van der Waals surface area contributed by atoms with Crippen molar-refractivity contribution in [1.82, 2.24) is 4.31 Å². The second-order valence-corrected chi connectivity index (χ2v) is 10.3. The van der Waals surface area contributed by atoms with Crippen LogP contribution in [0.1, 0.15) is 30.0 Å². The third-order valence-electron chi connectivity index (χ3n) is 4.84. The van der Waals surface area contributed by atoms with E-state index in [-0.39, 0.29) is 10.9 Å². The van der Waals surface area contributed by atoms with Gasteiger partial charge in [0, 0.05) is 13.1 Å². The Labute approximate surface area is 157 Å². The van der Waals surface area contributed by atoms with Gasteiger partial charge in [-0.3, -0.25) is 0 Å². The molecule has 1 aliphatic carbocycles. The minimum absolute atomic E-state index is 0.138. The van der Waals surface area contributed by atoms with Crippen LogP contribution in [0.5, 0.6) is 0 Å². The van der Waals surface area contributed by atoms with Crippen LogP contribution in [0.3, 0.4) is 0 Å². The maximum absolute atomic E-state index is 13.0. The van der Waals surface area contributed by atoms with Crippen LogP contribution in [-0.2, 0) is 26.3 Å². The van der Waals surface area contributed by atoms with E-state index in [1.54, 1.807) is 0 Å². The lowest BCUT2D eigenvalue weighted by molar-refractivity contribution is 0.234. The molecule has 0 N–H and O–H groups in total. The fourth-order valence-corrected chi connectivity index (χ4v) is 5.43. The average molecular weight is 415 g/mol. The molecule has 0 unspecified atom stereocenters. The minimum atomic E-state index is -4.76. The molecule has 0 saturated heterocycles. The van der Waals surface area contributed by atoms with Crippen molar-refractivity contribution >= 4 is 19.9 Å². The fourth-order valence-electron chi connectivity index (χ4n) is 3.34. The van der Waals surface area contributed by atoms with Crippen LogP contribution in [-0.4, -0.2) is 33.9 Å². The molecule has 0 bridgehead atoms. The number of benzene rings is 2. The summed E-state index contributed by atoms with van der Waals surface area (Å²) in [5, 5.41) is 0. The van der Waals surface area contributed by atoms with Gasteiger partial charge >= 0.3 is 5.76 Å². The zero-order valence-electron chi connectivity index (χ0n) is 14.5. The Balaban J connectivity index is 1.93. The van der Waals surface area contributed by atoms with Crippen LogP contribution in [0.4, 0.5) is 8.78 Å². The molecule has 0 heterocycles. The van der Waals surface area contributed by atoms with E-state index in [0.29, 0.717) is 6.42 Å². The van der Waals surface area contributed by atoms with E-state index in [9.17, 15) is 25.6 Å². The van der Waals surface area contributed by atoms with E-state index in [0.717, 1.165) is 48.2 Å². The number of hydrogen-bond acceptors (Lipinski definition) is 4. The molecule has 5 nitrogen and oxygen atoms in total. The van der Waals surface area contributed by atoms with Crippen molar-refractivity contribution in [2.24, 2.45) is 0 Å². The number of halogens is 2. The molecular formula is C18H19F2NO4S2. The third kappa shape index (κ3) is 3.63. The van der Waals surface area contributed by atoms with Gasteiger partial charge in [-0.2, -0.15) is 13.1 Å². The van der Waals surface area contributed by atoms with Gasteiger partial charge in [0.15, 0.2) is 0 Å². The van der Waals surface area contributed by atoms with E-state index in [4.69, 9.17) is 0 Å². The Morgan fingerprint density at radius 2 is 1.56 bits per heavy atom. The number of sulfone groups is 1. The van der Waals surface area contributed by atoms with E-state index in [1.807, 2.05) is 24.3 Å². The smallest absolute Gasteiger partial charge is 0.218 e. The standard InChI is InChI=1S/C18H19F2NO4S2/c1-21(17-8-4-6-13-5-2-3-7-16(13)17)27(24,25)15-11-9-14(10-12-15)26(22,23)18(19)20/h2-3,5,7,9-12,17-18H,4,6,8H2,1H3/t17-/m0/s1. The maximum atomic E-state index is 13.0. The largest absolute Gasteiger partial charge is 0.341 e. The number of rotatable bonds is 5. The lowest BCUT2D eigenvalue weighted by Gasteiger charge is -2.32. The first kappa shape index (κ1) is 19.9. The van der Waals surface area contributed by atoms with Crippen molar-refractivity contribution in [3.63, 3.8) is 0 Å². The highest BCUT2D eigenvalue weighted by molar-refractivity contribution is 7.91. The molecule has 0 saturated carbocycles. The van der Waals surface area contributed by atoms with Gasteiger partial charge in [0.1, 0.15) is 0 Å². The number of alkyl halides is 2. The first-order valence-corrected chi connectivity index (χ1v) is 11.3. The Morgan fingerprint density at radius 3 is 2.19 bits per heavy atom. The lowest BCUT2D eigenvalue weighted by atomic mass is 9.88. The van der Waals surface area contributed by atoms with Gasteiger partial charge in [0.05, 0.1) is 9.79 Å². The van der Waals surface area contributed by atoms with Gasteiger partial charge in [-0.05, 0) is 54.7 Å². The number of sulfonamides is 1. The van der Waals surface area contributed by atoms with Gasteiger partial charge < -0.3 is 0 Å². The Hall–Kier alpha value is -1.84. The fraction of sp³-hybridized carbons (Fsp3) is 0.333. The summed E-state index contributed by atoms with van der Waals surface area (Å²) in [6, 6.07) is 11.2. The predicted octanol–water partition coefficient (Wildman–Crippen LogP) is 3.38. The number of hydrogen-bond donors (Lipinski definition) is 0. The highest BCUT2D eigenvalue weighted by Crippen LogP contribution is 2.36. The summed E-state index contributed by atoms with van der Waals surface area (Å²) < 4.78 is 75.5. The average Bonchev–Trinajstić information content (AvgIpc) is 2.67. The van der Waals surface area contributed by atoms with Crippen molar-refractivity contribution in [1.29, 1.82) is 0 Å². The van der Waals surface area contributed by atoms with E-state index in [1.165, 1.54) is 11.4 Å². The molecule has 9 heteroatoms. The van der Waals surface area contributed by atoms with Crippen molar-refractivity contribution in [2.75, 3.05) is 7.05 Å². The van der Waals surface area contributed by atoms with Gasteiger partial charge in [-0.1, -0.05) is 24.3 Å². The highest BCUT2D eigenvalue weighted by atomic mass is 32.2. The first-order chi connectivity index (χ1) is 12.7. The second-order valence-electron chi connectivity index (χ2n) is 6.41. The Morgan fingerprint density at radius 1 is 0.963 bits per heavy atom. The molecule has 2 aromatic carbocycles. The van der Waals surface area contributed by atoms with Gasteiger partial charge in [0.2, 0.25) is 19.9 Å². The molecule has 0 fully saturated rings. The lowest BCUT2D eigenvalue weighted by Crippen LogP contribution is -2.33. The molecule has 3 rings (SSSR count). The Kier molecular flexibility index (Phi) is 5.38. The SMILES string of the molecule is CN([C@H]1CCCc2ccccc21)S(=O)(=O)c1ccc(S(=O)(=O)C(F)F)cc1. The van der Waals surface area contributed by atoms with Gasteiger partial charge in [-0.25, -0.2) is 16.8 Å². The zero-order chi connectivity index (χ0) is 19.8. The number of aryl methyl sites for hydroxylation is 1. The summed E-state index contributed by atoms with van der Waals surface area (Å²) in [6.45, 7) is 0. The molecule has 0 radical (unpaired) electrons. The van der Waals surface area contributed by atoms with E-state index >= 15 is 0 Å². The zero-order valence-corrected chi connectivity index (χ0v) is 16.2. The van der Waals surface area contributed by atoms with E-state index in [2.05, 4.69) is 0 Å². The summed E-state index contributed by atoms with van der Waals surface area (Å²) >= 11 is 0. The molecule has 146 valence electrons.